The van der Waals surface area contributed by atoms with Gasteiger partial charge in [0.05, 0.1) is 6.61 Å². The maximum Gasteiger partial charge on any atom is 0.0540 e. The van der Waals surface area contributed by atoms with E-state index in [0.29, 0.717) is 0 Å². The molecule has 0 bridgehead atoms. The Morgan fingerprint density at radius 2 is 1.93 bits per heavy atom. The van der Waals surface area contributed by atoms with Crippen molar-refractivity contribution in [3.8, 4) is 0 Å². The Kier molecular flexibility index (Phi) is 4.11. The predicted octanol–water partition coefficient (Wildman–Crippen LogP) is 1.55. The van der Waals surface area contributed by atoms with E-state index in [0.717, 1.165) is 13.0 Å². The summed E-state index contributed by atoms with van der Waals surface area (Å²) in [7, 11) is 1.92. The standard InChI is InChI=1S/C12H19NO/c1-3-12(10-14,9-13-2)11-7-5-4-6-8-11/h4-8,13-14H,3,9-10H2,1-2H3. The minimum atomic E-state index is -0.129. The molecule has 78 valence electrons. The Bertz CT molecular complexity index is 254. The lowest BCUT2D eigenvalue weighted by molar-refractivity contribution is 0.186. The number of benzene rings is 1. The molecule has 0 saturated carbocycles. The van der Waals surface area contributed by atoms with E-state index in [1.165, 1.54) is 5.56 Å². The van der Waals surface area contributed by atoms with Crippen LogP contribution in [0.25, 0.3) is 0 Å². The quantitative estimate of drug-likeness (QED) is 0.743. The molecule has 0 amide bonds. The Labute approximate surface area is 86.0 Å². The number of rotatable bonds is 5. The molecule has 1 aromatic rings. The fourth-order valence-electron chi connectivity index (χ4n) is 1.82. The molecule has 0 aromatic heterocycles. The Morgan fingerprint density at radius 1 is 1.29 bits per heavy atom. The van der Waals surface area contributed by atoms with Crippen LogP contribution in [0.3, 0.4) is 0 Å². The summed E-state index contributed by atoms with van der Waals surface area (Å²) in [5, 5.41) is 12.7. The van der Waals surface area contributed by atoms with Crippen LogP contribution < -0.4 is 5.32 Å². The number of likely N-dealkylation sites (N-methyl/N-ethyl adjacent to an activating group) is 1. The SMILES string of the molecule is CCC(CO)(CNC)c1ccccc1. The van der Waals surface area contributed by atoms with Crippen molar-refractivity contribution in [2.45, 2.75) is 18.8 Å². The second kappa shape index (κ2) is 5.13. The van der Waals surface area contributed by atoms with E-state index in [1.54, 1.807) is 0 Å². The lowest BCUT2D eigenvalue weighted by Gasteiger charge is -2.31. The molecule has 1 unspecified atom stereocenters. The molecule has 0 heterocycles. The van der Waals surface area contributed by atoms with Crippen LogP contribution in [0, 0.1) is 0 Å². The van der Waals surface area contributed by atoms with Crippen molar-refractivity contribution in [1.82, 2.24) is 5.32 Å². The molecule has 0 radical (unpaired) electrons. The van der Waals surface area contributed by atoms with Gasteiger partial charge in [-0.3, -0.25) is 0 Å². The average molecular weight is 193 g/mol. The van der Waals surface area contributed by atoms with Gasteiger partial charge >= 0.3 is 0 Å². The summed E-state index contributed by atoms with van der Waals surface area (Å²) in [6.45, 7) is 3.11. The van der Waals surface area contributed by atoms with Gasteiger partial charge in [0.1, 0.15) is 0 Å². The van der Waals surface area contributed by atoms with Gasteiger partial charge in [-0.1, -0.05) is 37.3 Å². The van der Waals surface area contributed by atoms with Crippen LogP contribution in [0.2, 0.25) is 0 Å². The van der Waals surface area contributed by atoms with Gasteiger partial charge in [0.15, 0.2) is 0 Å². The largest absolute Gasteiger partial charge is 0.395 e. The Balaban J connectivity index is 2.98. The zero-order valence-corrected chi connectivity index (χ0v) is 8.96. The minimum Gasteiger partial charge on any atom is -0.395 e. The number of hydrogen-bond acceptors (Lipinski definition) is 2. The van der Waals surface area contributed by atoms with Gasteiger partial charge in [0, 0.05) is 12.0 Å². The Hall–Kier alpha value is -0.860. The Morgan fingerprint density at radius 3 is 2.36 bits per heavy atom. The van der Waals surface area contributed by atoms with E-state index < -0.39 is 0 Å². The summed E-state index contributed by atoms with van der Waals surface area (Å²) in [5.41, 5.74) is 1.08. The summed E-state index contributed by atoms with van der Waals surface area (Å²) in [6, 6.07) is 10.2. The number of aliphatic hydroxyl groups excluding tert-OH is 1. The van der Waals surface area contributed by atoms with E-state index in [1.807, 2.05) is 25.2 Å². The molecule has 2 nitrogen and oxygen atoms in total. The van der Waals surface area contributed by atoms with Crippen molar-refractivity contribution in [3.05, 3.63) is 35.9 Å². The van der Waals surface area contributed by atoms with Gasteiger partial charge in [-0.05, 0) is 19.0 Å². The maximum absolute atomic E-state index is 9.52. The maximum atomic E-state index is 9.52. The summed E-state index contributed by atoms with van der Waals surface area (Å²) >= 11 is 0. The van der Waals surface area contributed by atoms with Crippen LogP contribution >= 0.6 is 0 Å². The number of nitrogens with one attached hydrogen (secondary N) is 1. The summed E-state index contributed by atoms with van der Waals surface area (Å²) < 4.78 is 0. The van der Waals surface area contributed by atoms with Crippen molar-refractivity contribution in [1.29, 1.82) is 0 Å². The van der Waals surface area contributed by atoms with Crippen LogP contribution in [-0.2, 0) is 5.41 Å². The third-order valence-corrected chi connectivity index (χ3v) is 2.88. The normalized spacial score (nSPS) is 15.1. The van der Waals surface area contributed by atoms with Crippen molar-refractivity contribution in [2.75, 3.05) is 20.2 Å². The smallest absolute Gasteiger partial charge is 0.0540 e. The van der Waals surface area contributed by atoms with Crippen LogP contribution in [0.4, 0.5) is 0 Å². The van der Waals surface area contributed by atoms with Gasteiger partial charge in [0.2, 0.25) is 0 Å². The first kappa shape index (κ1) is 11.2. The van der Waals surface area contributed by atoms with Gasteiger partial charge < -0.3 is 10.4 Å². The van der Waals surface area contributed by atoms with Crippen LogP contribution in [0.1, 0.15) is 18.9 Å². The fourth-order valence-corrected chi connectivity index (χ4v) is 1.82. The van der Waals surface area contributed by atoms with Crippen LogP contribution in [0.5, 0.6) is 0 Å². The number of hydrogen-bond donors (Lipinski definition) is 2. The van der Waals surface area contributed by atoms with Crippen LogP contribution in [-0.4, -0.2) is 25.3 Å². The summed E-state index contributed by atoms with van der Waals surface area (Å²) in [4.78, 5) is 0. The molecule has 0 aliphatic heterocycles. The lowest BCUT2D eigenvalue weighted by Crippen LogP contribution is -2.39. The summed E-state index contributed by atoms with van der Waals surface area (Å²) in [5.74, 6) is 0. The van der Waals surface area contributed by atoms with E-state index >= 15 is 0 Å². The molecule has 2 heteroatoms. The molecule has 1 rings (SSSR count). The highest BCUT2D eigenvalue weighted by atomic mass is 16.3. The molecule has 1 aromatic carbocycles. The molecule has 0 aliphatic rings. The van der Waals surface area contributed by atoms with E-state index in [4.69, 9.17) is 0 Å². The zero-order valence-electron chi connectivity index (χ0n) is 8.96. The van der Waals surface area contributed by atoms with E-state index in [-0.39, 0.29) is 12.0 Å². The van der Waals surface area contributed by atoms with Gasteiger partial charge in [-0.25, -0.2) is 0 Å². The highest BCUT2D eigenvalue weighted by Gasteiger charge is 2.28. The monoisotopic (exact) mass is 193 g/mol. The topological polar surface area (TPSA) is 32.3 Å². The second-order valence-electron chi connectivity index (χ2n) is 3.69. The van der Waals surface area contributed by atoms with Gasteiger partial charge in [-0.15, -0.1) is 0 Å². The first-order chi connectivity index (χ1) is 6.79. The third-order valence-electron chi connectivity index (χ3n) is 2.88. The molecular formula is C12H19NO. The van der Waals surface area contributed by atoms with E-state index in [9.17, 15) is 5.11 Å². The van der Waals surface area contributed by atoms with Gasteiger partial charge in [0.25, 0.3) is 0 Å². The summed E-state index contributed by atoms with van der Waals surface area (Å²) in [6.07, 6.45) is 0.939. The van der Waals surface area contributed by atoms with Crippen molar-refractivity contribution < 1.29 is 5.11 Å². The zero-order chi connectivity index (χ0) is 10.4. The molecular weight excluding hydrogens is 174 g/mol. The molecule has 0 spiro atoms. The first-order valence-electron chi connectivity index (χ1n) is 5.10. The van der Waals surface area contributed by atoms with Crippen molar-refractivity contribution in [3.63, 3.8) is 0 Å². The van der Waals surface area contributed by atoms with E-state index in [2.05, 4.69) is 24.4 Å². The van der Waals surface area contributed by atoms with Gasteiger partial charge in [-0.2, -0.15) is 0 Å². The highest BCUT2D eigenvalue weighted by molar-refractivity contribution is 5.26. The number of aliphatic hydroxyl groups is 1. The minimum absolute atomic E-state index is 0.129. The average Bonchev–Trinajstić information content (AvgIpc) is 2.27. The lowest BCUT2D eigenvalue weighted by atomic mass is 9.79. The molecule has 0 fully saturated rings. The first-order valence-corrected chi connectivity index (χ1v) is 5.10. The van der Waals surface area contributed by atoms with Crippen molar-refractivity contribution in [2.24, 2.45) is 0 Å². The predicted molar refractivity (Wildman–Crippen MR) is 59.4 cm³/mol. The molecule has 0 saturated heterocycles. The molecule has 14 heavy (non-hydrogen) atoms. The molecule has 1 atom stereocenters. The third kappa shape index (κ3) is 2.14. The molecule has 0 aliphatic carbocycles. The van der Waals surface area contributed by atoms with Crippen molar-refractivity contribution >= 4 is 0 Å². The fraction of sp³-hybridized carbons (Fsp3) is 0.500. The van der Waals surface area contributed by atoms with Crippen LogP contribution in [0.15, 0.2) is 30.3 Å². The second-order valence-corrected chi connectivity index (χ2v) is 3.69. The molecule has 2 N–H and O–H groups in total. The highest BCUT2D eigenvalue weighted by Crippen LogP contribution is 2.26.